The van der Waals surface area contributed by atoms with Gasteiger partial charge in [0.25, 0.3) is 5.91 Å². The van der Waals surface area contributed by atoms with E-state index in [4.69, 9.17) is 4.74 Å². The standard InChI is InChI=1S/C18H17FN2O3/c1-24-15-8-6-14(7-9-15)21-17(22)10-16(18(21)23)20-11-12-2-4-13(19)5-3-12/h2-9,16,20H,10-11H2,1H3/t16-/m1/s1. The molecule has 1 aliphatic heterocycles. The van der Waals surface area contributed by atoms with Crippen molar-refractivity contribution in [3.63, 3.8) is 0 Å². The van der Waals surface area contributed by atoms with Crippen LogP contribution >= 0.6 is 0 Å². The quantitative estimate of drug-likeness (QED) is 0.856. The van der Waals surface area contributed by atoms with E-state index in [1.165, 1.54) is 17.0 Å². The van der Waals surface area contributed by atoms with E-state index in [-0.39, 0.29) is 24.1 Å². The summed E-state index contributed by atoms with van der Waals surface area (Å²) in [6, 6.07) is 12.2. The molecule has 124 valence electrons. The van der Waals surface area contributed by atoms with Crippen molar-refractivity contribution in [2.24, 2.45) is 0 Å². The molecule has 0 spiro atoms. The van der Waals surface area contributed by atoms with Crippen molar-refractivity contribution in [3.8, 4) is 5.75 Å². The number of benzene rings is 2. The summed E-state index contributed by atoms with van der Waals surface area (Å²) < 4.78 is 18.0. The average Bonchev–Trinajstić information content (AvgIpc) is 2.88. The van der Waals surface area contributed by atoms with Crippen LogP contribution in [0.25, 0.3) is 0 Å². The third-order valence-corrected chi connectivity index (χ3v) is 3.94. The Bertz CT molecular complexity index is 744. The van der Waals surface area contributed by atoms with Gasteiger partial charge >= 0.3 is 0 Å². The van der Waals surface area contributed by atoms with Gasteiger partial charge in [-0.25, -0.2) is 9.29 Å². The van der Waals surface area contributed by atoms with E-state index in [1.54, 1.807) is 43.5 Å². The first-order valence-corrected chi connectivity index (χ1v) is 7.57. The Balaban J connectivity index is 1.67. The van der Waals surface area contributed by atoms with Crippen LogP contribution in [0.1, 0.15) is 12.0 Å². The second-order valence-corrected chi connectivity index (χ2v) is 5.53. The molecule has 0 radical (unpaired) electrons. The van der Waals surface area contributed by atoms with Crippen molar-refractivity contribution in [1.82, 2.24) is 5.32 Å². The molecule has 1 atom stereocenters. The number of hydrogen-bond acceptors (Lipinski definition) is 4. The second kappa shape index (κ2) is 6.80. The van der Waals surface area contributed by atoms with Gasteiger partial charge in [-0.1, -0.05) is 12.1 Å². The maximum atomic E-state index is 12.9. The van der Waals surface area contributed by atoms with Crippen molar-refractivity contribution >= 4 is 17.5 Å². The number of ether oxygens (including phenoxy) is 1. The predicted octanol–water partition coefficient (Wildman–Crippen LogP) is 2.26. The molecule has 1 N–H and O–H groups in total. The topological polar surface area (TPSA) is 58.6 Å². The summed E-state index contributed by atoms with van der Waals surface area (Å²) in [7, 11) is 1.55. The molecule has 5 nitrogen and oxygen atoms in total. The SMILES string of the molecule is COc1ccc(N2C(=O)C[C@@H](NCc3ccc(F)cc3)C2=O)cc1. The van der Waals surface area contributed by atoms with E-state index in [0.29, 0.717) is 18.0 Å². The first-order chi connectivity index (χ1) is 11.6. The van der Waals surface area contributed by atoms with Crippen LogP contribution in [0.3, 0.4) is 0 Å². The van der Waals surface area contributed by atoms with Gasteiger partial charge in [0.1, 0.15) is 11.6 Å². The highest BCUT2D eigenvalue weighted by Gasteiger charge is 2.39. The number of amides is 2. The highest BCUT2D eigenvalue weighted by molar-refractivity contribution is 6.22. The van der Waals surface area contributed by atoms with Gasteiger partial charge in [0.15, 0.2) is 0 Å². The summed E-state index contributed by atoms with van der Waals surface area (Å²) >= 11 is 0. The van der Waals surface area contributed by atoms with E-state index in [2.05, 4.69) is 5.32 Å². The Morgan fingerprint density at radius 3 is 2.42 bits per heavy atom. The van der Waals surface area contributed by atoms with Gasteiger partial charge < -0.3 is 10.1 Å². The lowest BCUT2D eigenvalue weighted by atomic mass is 10.2. The van der Waals surface area contributed by atoms with Gasteiger partial charge in [-0.3, -0.25) is 9.59 Å². The number of hydrogen-bond donors (Lipinski definition) is 1. The van der Waals surface area contributed by atoms with E-state index >= 15 is 0 Å². The third kappa shape index (κ3) is 3.28. The Morgan fingerprint density at radius 1 is 1.12 bits per heavy atom. The number of carbonyl (C=O) groups excluding carboxylic acids is 2. The van der Waals surface area contributed by atoms with Crippen LogP contribution in [0, 0.1) is 5.82 Å². The molecule has 1 fully saturated rings. The minimum absolute atomic E-state index is 0.103. The molecular formula is C18H17FN2O3. The molecule has 0 bridgehead atoms. The summed E-state index contributed by atoms with van der Waals surface area (Å²) in [6.07, 6.45) is 0.103. The van der Waals surface area contributed by atoms with Gasteiger partial charge in [-0.05, 0) is 42.0 Å². The highest BCUT2D eigenvalue weighted by atomic mass is 19.1. The van der Waals surface area contributed by atoms with Gasteiger partial charge in [0.05, 0.1) is 25.3 Å². The van der Waals surface area contributed by atoms with Gasteiger partial charge in [-0.15, -0.1) is 0 Å². The molecule has 1 aliphatic rings. The lowest BCUT2D eigenvalue weighted by molar-refractivity contribution is -0.121. The average molecular weight is 328 g/mol. The Labute approximate surface area is 139 Å². The molecule has 6 heteroatoms. The van der Waals surface area contributed by atoms with Crippen molar-refractivity contribution in [3.05, 3.63) is 59.9 Å². The zero-order chi connectivity index (χ0) is 17.1. The minimum atomic E-state index is -0.579. The summed E-state index contributed by atoms with van der Waals surface area (Å²) in [4.78, 5) is 25.9. The van der Waals surface area contributed by atoms with Crippen molar-refractivity contribution in [2.45, 2.75) is 19.0 Å². The van der Waals surface area contributed by atoms with Gasteiger partial charge in [-0.2, -0.15) is 0 Å². The molecule has 3 rings (SSSR count). The number of rotatable bonds is 5. The number of nitrogens with one attached hydrogen (secondary N) is 1. The smallest absolute Gasteiger partial charge is 0.251 e. The highest BCUT2D eigenvalue weighted by Crippen LogP contribution is 2.25. The molecule has 1 saturated heterocycles. The Morgan fingerprint density at radius 2 is 1.79 bits per heavy atom. The summed E-state index contributed by atoms with van der Waals surface area (Å²) in [6.45, 7) is 0.389. The molecular weight excluding hydrogens is 311 g/mol. The number of imide groups is 1. The molecule has 0 saturated carbocycles. The largest absolute Gasteiger partial charge is 0.497 e. The fraction of sp³-hybridized carbons (Fsp3) is 0.222. The minimum Gasteiger partial charge on any atom is -0.497 e. The van der Waals surface area contributed by atoms with Crippen LogP contribution in [-0.2, 0) is 16.1 Å². The maximum Gasteiger partial charge on any atom is 0.251 e. The van der Waals surface area contributed by atoms with Crippen molar-refractivity contribution in [2.75, 3.05) is 12.0 Å². The molecule has 0 unspecified atom stereocenters. The zero-order valence-electron chi connectivity index (χ0n) is 13.2. The number of halogens is 1. The summed E-state index contributed by atoms with van der Waals surface area (Å²) in [5.74, 6) is -0.186. The monoisotopic (exact) mass is 328 g/mol. The number of anilines is 1. The Kier molecular flexibility index (Phi) is 4.57. The lowest BCUT2D eigenvalue weighted by Gasteiger charge is -2.16. The van der Waals surface area contributed by atoms with Crippen LogP contribution in [0.15, 0.2) is 48.5 Å². The van der Waals surface area contributed by atoms with Gasteiger partial charge in [0, 0.05) is 6.54 Å². The van der Waals surface area contributed by atoms with Crippen LogP contribution in [0.5, 0.6) is 5.75 Å². The van der Waals surface area contributed by atoms with Crippen molar-refractivity contribution in [1.29, 1.82) is 0 Å². The number of methoxy groups -OCH3 is 1. The zero-order valence-corrected chi connectivity index (χ0v) is 13.2. The van der Waals surface area contributed by atoms with E-state index in [0.717, 1.165) is 5.56 Å². The van der Waals surface area contributed by atoms with Crippen LogP contribution < -0.4 is 15.0 Å². The normalized spacial score (nSPS) is 17.4. The molecule has 2 aromatic rings. The predicted molar refractivity (Wildman–Crippen MR) is 87.1 cm³/mol. The fourth-order valence-electron chi connectivity index (χ4n) is 2.64. The van der Waals surface area contributed by atoms with E-state index < -0.39 is 6.04 Å². The lowest BCUT2D eigenvalue weighted by Crippen LogP contribution is -2.38. The molecule has 1 heterocycles. The Hall–Kier alpha value is -2.73. The van der Waals surface area contributed by atoms with Crippen LogP contribution in [0.4, 0.5) is 10.1 Å². The summed E-state index contributed by atoms with van der Waals surface area (Å²) in [5, 5.41) is 3.06. The van der Waals surface area contributed by atoms with Gasteiger partial charge in [0.2, 0.25) is 5.91 Å². The van der Waals surface area contributed by atoms with Crippen LogP contribution in [-0.4, -0.2) is 25.0 Å². The van der Waals surface area contributed by atoms with Crippen LogP contribution in [0.2, 0.25) is 0 Å². The second-order valence-electron chi connectivity index (χ2n) is 5.53. The number of nitrogens with zero attached hydrogens (tertiary/aromatic N) is 1. The van der Waals surface area contributed by atoms with E-state index in [1.807, 2.05) is 0 Å². The fourth-order valence-corrected chi connectivity index (χ4v) is 2.64. The first-order valence-electron chi connectivity index (χ1n) is 7.57. The maximum absolute atomic E-state index is 12.9. The third-order valence-electron chi connectivity index (χ3n) is 3.94. The molecule has 2 aromatic carbocycles. The summed E-state index contributed by atoms with van der Waals surface area (Å²) in [5.41, 5.74) is 1.37. The van der Waals surface area contributed by atoms with Crippen molar-refractivity contribution < 1.29 is 18.7 Å². The molecule has 2 amide bonds. The molecule has 24 heavy (non-hydrogen) atoms. The molecule has 0 aromatic heterocycles. The number of carbonyl (C=O) groups is 2. The van der Waals surface area contributed by atoms with E-state index in [9.17, 15) is 14.0 Å². The molecule has 0 aliphatic carbocycles. The first kappa shape index (κ1) is 16.1.